The first-order valence-electron chi connectivity index (χ1n) is 6.87. The fraction of sp³-hybridized carbons (Fsp3) is 1.00. The smallest absolute Gasteiger partial charge is 0.331 e. The predicted octanol–water partition coefficient (Wildman–Crippen LogP) is 4.10. The molecule has 0 saturated heterocycles. The van der Waals surface area contributed by atoms with Gasteiger partial charge in [-0.1, -0.05) is 25.7 Å². The minimum atomic E-state index is -1.87. The van der Waals surface area contributed by atoms with E-state index in [4.69, 9.17) is 8.85 Å². The zero-order valence-electron chi connectivity index (χ0n) is 11.4. The first-order valence-corrected chi connectivity index (χ1v) is 9.68. The largest absolute Gasteiger partial charge is 0.395 e. The lowest BCUT2D eigenvalue weighted by atomic mass is 9.95. The van der Waals surface area contributed by atoms with Crippen LogP contribution < -0.4 is 0 Å². The first-order chi connectivity index (χ1) is 7.55. The summed E-state index contributed by atoms with van der Waals surface area (Å²) in [6, 6.07) is 0. The summed E-state index contributed by atoms with van der Waals surface area (Å²) in [6.45, 7) is 9.38. The van der Waals surface area contributed by atoms with Gasteiger partial charge >= 0.3 is 8.56 Å². The minimum absolute atomic E-state index is 0.381. The molecule has 0 radical (unpaired) electrons. The Morgan fingerprint density at radius 3 is 2.19 bits per heavy atom. The molecule has 1 unspecified atom stereocenters. The number of hydrogen-bond donors (Lipinski definition) is 0. The average molecular weight is 244 g/mol. The molecule has 96 valence electrons. The molecule has 0 aromatic carbocycles. The summed E-state index contributed by atoms with van der Waals surface area (Å²) in [5, 5.41) is 0. The van der Waals surface area contributed by atoms with Crippen molar-refractivity contribution < 1.29 is 8.85 Å². The van der Waals surface area contributed by atoms with E-state index in [-0.39, 0.29) is 0 Å². The van der Waals surface area contributed by atoms with Gasteiger partial charge in [-0.3, -0.25) is 0 Å². The fourth-order valence-electron chi connectivity index (χ4n) is 2.71. The van der Waals surface area contributed by atoms with Crippen LogP contribution in [0.2, 0.25) is 13.1 Å². The van der Waals surface area contributed by atoms with Crippen molar-refractivity contribution in [3.05, 3.63) is 0 Å². The lowest BCUT2D eigenvalue weighted by molar-refractivity contribution is 0.0864. The van der Waals surface area contributed by atoms with Gasteiger partial charge in [-0.25, -0.2) is 0 Å². The van der Waals surface area contributed by atoms with Gasteiger partial charge in [0.1, 0.15) is 0 Å². The van der Waals surface area contributed by atoms with Crippen molar-refractivity contribution in [1.29, 1.82) is 0 Å². The van der Waals surface area contributed by atoms with Crippen molar-refractivity contribution >= 4 is 8.56 Å². The molecule has 2 nitrogen and oxygen atoms in total. The Morgan fingerprint density at radius 2 is 1.69 bits per heavy atom. The molecular weight excluding hydrogens is 216 g/mol. The van der Waals surface area contributed by atoms with Gasteiger partial charge in [0, 0.05) is 12.7 Å². The molecule has 16 heavy (non-hydrogen) atoms. The van der Waals surface area contributed by atoms with E-state index in [2.05, 4.69) is 26.9 Å². The van der Waals surface area contributed by atoms with Gasteiger partial charge in [-0.15, -0.1) is 0 Å². The maximum Gasteiger partial charge on any atom is 0.331 e. The third-order valence-electron chi connectivity index (χ3n) is 3.53. The Labute approximate surface area is 102 Å². The molecule has 0 bridgehead atoms. The summed E-state index contributed by atoms with van der Waals surface area (Å²) >= 11 is 0. The third-order valence-corrected chi connectivity index (χ3v) is 5.45. The molecule has 1 atom stereocenters. The molecule has 1 fully saturated rings. The molecule has 0 amide bonds. The molecule has 1 rings (SSSR count). The van der Waals surface area contributed by atoms with Crippen LogP contribution in [0.15, 0.2) is 0 Å². The first kappa shape index (κ1) is 14.2. The van der Waals surface area contributed by atoms with Crippen LogP contribution in [0.3, 0.4) is 0 Å². The summed E-state index contributed by atoms with van der Waals surface area (Å²) in [5.74, 6) is 0.759. The average Bonchev–Trinajstić information content (AvgIpc) is 2.44. The second-order valence-corrected chi connectivity index (χ2v) is 8.73. The van der Waals surface area contributed by atoms with Crippen LogP contribution in [-0.2, 0) is 8.85 Å². The highest BCUT2D eigenvalue weighted by atomic mass is 28.4. The SMILES string of the molecule is CCO[Si](C)(C)OC(C)C1CCCCCC1. The van der Waals surface area contributed by atoms with Crippen molar-refractivity contribution in [1.82, 2.24) is 0 Å². The van der Waals surface area contributed by atoms with Crippen LogP contribution in [0.25, 0.3) is 0 Å². The molecule has 3 heteroatoms. The molecule has 0 aliphatic heterocycles. The van der Waals surface area contributed by atoms with Gasteiger partial charge < -0.3 is 8.85 Å². The van der Waals surface area contributed by atoms with Gasteiger partial charge in [0.15, 0.2) is 0 Å². The molecule has 0 aromatic rings. The Bertz CT molecular complexity index is 186. The summed E-state index contributed by atoms with van der Waals surface area (Å²) in [5.41, 5.74) is 0. The van der Waals surface area contributed by atoms with Crippen LogP contribution in [0.5, 0.6) is 0 Å². The summed E-state index contributed by atoms with van der Waals surface area (Å²) in [7, 11) is -1.87. The van der Waals surface area contributed by atoms with Crippen LogP contribution in [0.1, 0.15) is 52.4 Å². The fourth-order valence-corrected chi connectivity index (χ4v) is 4.56. The zero-order chi connectivity index (χ0) is 12.0. The van der Waals surface area contributed by atoms with Crippen molar-refractivity contribution in [3.63, 3.8) is 0 Å². The monoisotopic (exact) mass is 244 g/mol. The Morgan fingerprint density at radius 1 is 1.12 bits per heavy atom. The molecule has 1 aliphatic rings. The highest BCUT2D eigenvalue weighted by molar-refractivity contribution is 6.64. The van der Waals surface area contributed by atoms with Crippen LogP contribution >= 0.6 is 0 Å². The molecular formula is C13H28O2Si. The highest BCUT2D eigenvalue weighted by Gasteiger charge is 2.30. The normalized spacial score (nSPS) is 21.8. The van der Waals surface area contributed by atoms with E-state index >= 15 is 0 Å². The van der Waals surface area contributed by atoms with E-state index in [1.807, 2.05) is 0 Å². The molecule has 1 aliphatic carbocycles. The topological polar surface area (TPSA) is 18.5 Å². The van der Waals surface area contributed by atoms with Crippen molar-refractivity contribution in [3.8, 4) is 0 Å². The van der Waals surface area contributed by atoms with Crippen LogP contribution in [0.4, 0.5) is 0 Å². The van der Waals surface area contributed by atoms with Crippen LogP contribution in [-0.4, -0.2) is 21.3 Å². The van der Waals surface area contributed by atoms with Crippen molar-refractivity contribution in [2.75, 3.05) is 6.61 Å². The maximum atomic E-state index is 6.19. The van der Waals surface area contributed by atoms with E-state index in [0.717, 1.165) is 12.5 Å². The predicted molar refractivity (Wildman–Crippen MR) is 70.8 cm³/mol. The van der Waals surface area contributed by atoms with E-state index in [1.54, 1.807) is 0 Å². The lowest BCUT2D eigenvalue weighted by Gasteiger charge is -2.31. The lowest BCUT2D eigenvalue weighted by Crippen LogP contribution is -2.40. The second-order valence-electron chi connectivity index (χ2n) is 5.41. The Kier molecular flexibility index (Phi) is 6.01. The maximum absolute atomic E-state index is 6.19. The summed E-state index contributed by atoms with van der Waals surface area (Å²) < 4.78 is 11.9. The van der Waals surface area contributed by atoms with E-state index in [1.165, 1.54) is 38.5 Å². The van der Waals surface area contributed by atoms with Gasteiger partial charge in [0.05, 0.1) is 0 Å². The van der Waals surface area contributed by atoms with E-state index < -0.39 is 8.56 Å². The number of hydrogen-bond acceptors (Lipinski definition) is 2. The quantitative estimate of drug-likeness (QED) is 0.535. The molecule has 1 saturated carbocycles. The van der Waals surface area contributed by atoms with Gasteiger partial charge in [-0.2, -0.15) is 0 Å². The summed E-state index contributed by atoms with van der Waals surface area (Å²) in [4.78, 5) is 0. The van der Waals surface area contributed by atoms with Crippen molar-refractivity contribution in [2.45, 2.75) is 71.6 Å². The molecule has 0 aromatic heterocycles. The molecule has 0 N–H and O–H groups in total. The van der Waals surface area contributed by atoms with Crippen LogP contribution in [0, 0.1) is 5.92 Å². The molecule has 0 spiro atoms. The second kappa shape index (κ2) is 6.77. The van der Waals surface area contributed by atoms with Gasteiger partial charge in [-0.05, 0) is 45.7 Å². The Hall–Kier alpha value is 0.137. The Balaban J connectivity index is 2.40. The minimum Gasteiger partial charge on any atom is -0.395 e. The number of rotatable bonds is 5. The van der Waals surface area contributed by atoms with Gasteiger partial charge in [0.2, 0.25) is 0 Å². The van der Waals surface area contributed by atoms with Gasteiger partial charge in [0.25, 0.3) is 0 Å². The highest BCUT2D eigenvalue weighted by Crippen LogP contribution is 2.28. The third kappa shape index (κ3) is 4.98. The molecule has 0 heterocycles. The van der Waals surface area contributed by atoms with E-state index in [9.17, 15) is 0 Å². The standard InChI is InChI=1S/C13H28O2Si/c1-5-14-16(3,4)15-12(2)13-10-8-6-7-9-11-13/h12-13H,5-11H2,1-4H3. The summed E-state index contributed by atoms with van der Waals surface area (Å²) in [6.07, 6.45) is 8.66. The zero-order valence-corrected chi connectivity index (χ0v) is 12.4. The van der Waals surface area contributed by atoms with E-state index in [0.29, 0.717) is 6.10 Å². The van der Waals surface area contributed by atoms with Crippen molar-refractivity contribution in [2.24, 2.45) is 5.92 Å².